The molecule has 9 nitrogen and oxygen atoms in total. The van der Waals surface area contributed by atoms with Gasteiger partial charge in [-0.1, -0.05) is 44.9 Å². The SMILES string of the molecule is CCCC(CCC)c1c2n(c3cc(C(=O)NS(=O)(=O)C4CC4)ccc13)C(CN1CCOCC1)Cc1c-2ccc2nc(-c3cc(C)ccn3)ccc12. The molecule has 2 aromatic carbocycles. The number of fused-ring (bicyclic) bond motifs is 7. The van der Waals surface area contributed by atoms with E-state index in [1.54, 1.807) is 0 Å². The Hall–Kier alpha value is -4.12. The molecular formula is C41H47N5O4S. The first kappa shape index (κ1) is 34.0. The van der Waals surface area contributed by atoms with E-state index in [4.69, 9.17) is 9.72 Å². The van der Waals surface area contributed by atoms with Gasteiger partial charge >= 0.3 is 0 Å². The van der Waals surface area contributed by atoms with Gasteiger partial charge in [0.25, 0.3) is 5.91 Å². The van der Waals surface area contributed by atoms with Crippen LogP contribution in [0.1, 0.15) is 91.4 Å². The molecule has 10 heteroatoms. The zero-order valence-corrected chi connectivity index (χ0v) is 30.6. The second-order valence-electron chi connectivity index (χ2n) is 14.7. The summed E-state index contributed by atoms with van der Waals surface area (Å²) in [6.45, 7) is 10.6. The van der Waals surface area contributed by atoms with E-state index in [2.05, 4.69) is 76.3 Å². The molecule has 1 unspecified atom stereocenters. The Morgan fingerprint density at radius 2 is 1.73 bits per heavy atom. The van der Waals surface area contributed by atoms with Crippen LogP contribution in [-0.4, -0.2) is 71.9 Å². The maximum Gasteiger partial charge on any atom is 0.264 e. The van der Waals surface area contributed by atoms with Crippen LogP contribution < -0.4 is 4.72 Å². The number of nitrogens with one attached hydrogen (secondary N) is 1. The van der Waals surface area contributed by atoms with Crippen molar-refractivity contribution in [2.75, 3.05) is 32.8 Å². The summed E-state index contributed by atoms with van der Waals surface area (Å²) in [4.78, 5) is 25.7. The summed E-state index contributed by atoms with van der Waals surface area (Å²) in [6.07, 6.45) is 8.11. The van der Waals surface area contributed by atoms with E-state index in [-0.39, 0.29) is 6.04 Å². The Kier molecular flexibility index (Phi) is 9.19. The number of hydrogen-bond acceptors (Lipinski definition) is 7. The topological polar surface area (TPSA) is 106 Å². The van der Waals surface area contributed by atoms with E-state index >= 15 is 0 Å². The summed E-state index contributed by atoms with van der Waals surface area (Å²) in [7, 11) is -3.68. The molecule has 8 rings (SSSR count). The third-order valence-corrected chi connectivity index (χ3v) is 12.8. The van der Waals surface area contributed by atoms with E-state index in [1.165, 1.54) is 22.4 Å². The van der Waals surface area contributed by atoms with Gasteiger partial charge in [-0.3, -0.25) is 14.7 Å². The fraction of sp³-hybridized carbons (Fsp3) is 0.439. The average molecular weight is 706 g/mol. The predicted molar refractivity (Wildman–Crippen MR) is 203 cm³/mol. The smallest absolute Gasteiger partial charge is 0.264 e. The Bertz CT molecular complexity index is 2230. The molecule has 3 aromatic heterocycles. The number of nitrogens with zero attached hydrogens (tertiary/aromatic N) is 4. The van der Waals surface area contributed by atoms with Gasteiger partial charge in [-0.05, 0) is 98.0 Å². The zero-order chi connectivity index (χ0) is 35.3. The Labute approximate surface area is 300 Å². The van der Waals surface area contributed by atoms with Crippen LogP contribution in [0.4, 0.5) is 0 Å². The number of morpholine rings is 1. The molecule has 51 heavy (non-hydrogen) atoms. The number of ether oxygens (including phenoxy) is 1. The molecule has 0 radical (unpaired) electrons. The van der Waals surface area contributed by atoms with Crippen molar-refractivity contribution in [2.24, 2.45) is 0 Å². The largest absolute Gasteiger partial charge is 0.379 e. The molecule has 2 aliphatic heterocycles. The van der Waals surface area contributed by atoms with Crippen molar-refractivity contribution in [3.63, 3.8) is 0 Å². The number of rotatable bonds is 11. The van der Waals surface area contributed by atoms with Gasteiger partial charge < -0.3 is 9.30 Å². The second kappa shape index (κ2) is 13.8. The lowest BCUT2D eigenvalue weighted by Gasteiger charge is -2.36. The van der Waals surface area contributed by atoms with Crippen molar-refractivity contribution >= 4 is 37.7 Å². The van der Waals surface area contributed by atoms with Gasteiger partial charge in [-0.2, -0.15) is 0 Å². The van der Waals surface area contributed by atoms with Gasteiger partial charge in [-0.25, -0.2) is 18.1 Å². The highest BCUT2D eigenvalue weighted by Gasteiger charge is 2.38. The van der Waals surface area contributed by atoms with Crippen LogP contribution in [0.25, 0.3) is 44.5 Å². The van der Waals surface area contributed by atoms with Gasteiger partial charge in [0.05, 0.1) is 47.1 Å². The maximum absolute atomic E-state index is 13.5. The number of hydrogen-bond donors (Lipinski definition) is 1. The van der Waals surface area contributed by atoms with Crippen LogP contribution in [0.2, 0.25) is 0 Å². The summed E-state index contributed by atoms with van der Waals surface area (Å²) in [5.74, 6) is -0.219. The quantitative estimate of drug-likeness (QED) is 0.151. The molecule has 2 fully saturated rings. The number of pyridine rings is 2. The summed E-state index contributed by atoms with van der Waals surface area (Å²) in [6, 6.07) is 18.7. The van der Waals surface area contributed by atoms with E-state index in [0.717, 1.165) is 90.5 Å². The molecule has 5 aromatic rings. The number of aromatic nitrogens is 3. The molecule has 1 amide bonds. The summed E-state index contributed by atoms with van der Waals surface area (Å²) in [5, 5.41) is 1.84. The summed E-state index contributed by atoms with van der Waals surface area (Å²) < 4.78 is 36.2. The first-order valence-corrected chi connectivity index (χ1v) is 20.2. The van der Waals surface area contributed by atoms with Gasteiger partial charge in [-0.15, -0.1) is 0 Å². The number of amides is 1. The highest BCUT2D eigenvalue weighted by atomic mass is 32.2. The first-order chi connectivity index (χ1) is 24.8. The second-order valence-corrected chi connectivity index (χ2v) is 16.6. The molecule has 0 spiro atoms. The van der Waals surface area contributed by atoms with E-state index in [9.17, 15) is 13.2 Å². The maximum atomic E-state index is 13.5. The number of aryl methyl sites for hydroxylation is 1. The first-order valence-electron chi connectivity index (χ1n) is 18.7. The highest BCUT2D eigenvalue weighted by molar-refractivity contribution is 7.91. The van der Waals surface area contributed by atoms with Crippen LogP contribution in [-0.2, 0) is 21.2 Å². The Morgan fingerprint density at radius 3 is 2.45 bits per heavy atom. The fourth-order valence-electron chi connectivity index (χ4n) is 8.41. The van der Waals surface area contributed by atoms with Crippen molar-refractivity contribution < 1.29 is 17.9 Å². The summed E-state index contributed by atoms with van der Waals surface area (Å²) >= 11 is 0. The predicted octanol–water partition coefficient (Wildman–Crippen LogP) is 7.56. The van der Waals surface area contributed by atoms with Crippen molar-refractivity contribution in [3.05, 3.63) is 83.0 Å². The summed E-state index contributed by atoms with van der Waals surface area (Å²) in [5.41, 5.74) is 10.3. The molecule has 3 aliphatic rings. The zero-order valence-electron chi connectivity index (χ0n) is 29.8. The molecular weight excluding hydrogens is 659 g/mol. The number of carbonyl (C=O) groups is 1. The van der Waals surface area contributed by atoms with Crippen molar-refractivity contribution in [2.45, 2.75) is 82.9 Å². The minimum Gasteiger partial charge on any atom is -0.379 e. The van der Waals surface area contributed by atoms with Gasteiger partial charge in [0, 0.05) is 53.2 Å². The standard InChI is InChI=1S/C41H47N5O4S/c1-4-6-27(7-5-2)39-33-11-8-28(41(47)44-51(48,49)30-9-10-30)23-38(33)46-29(25-45-18-20-50-21-19-45)24-34-31-12-15-36(37-22-26(3)16-17-42-37)43-35(31)14-13-32(34)40(39)46/h8,11-17,22-23,27,29-30H,4-7,9-10,18-21,24-25H2,1-3H3,(H,44,47). The van der Waals surface area contributed by atoms with Crippen molar-refractivity contribution in [3.8, 4) is 22.6 Å². The molecule has 1 atom stereocenters. The van der Waals surface area contributed by atoms with Crippen LogP contribution >= 0.6 is 0 Å². The molecule has 1 saturated carbocycles. The Balaban J connectivity index is 1.33. The van der Waals surface area contributed by atoms with Gasteiger partial charge in [0.2, 0.25) is 10.0 Å². The normalized spacial score (nSPS) is 17.9. The van der Waals surface area contributed by atoms with E-state index in [0.29, 0.717) is 37.5 Å². The van der Waals surface area contributed by atoms with E-state index in [1.807, 2.05) is 24.4 Å². The lowest BCUT2D eigenvalue weighted by Crippen LogP contribution is -2.41. The minimum atomic E-state index is -3.68. The number of carbonyl (C=O) groups excluding carboxylic acids is 1. The van der Waals surface area contributed by atoms with Crippen LogP contribution in [0.3, 0.4) is 0 Å². The van der Waals surface area contributed by atoms with Crippen molar-refractivity contribution in [1.82, 2.24) is 24.2 Å². The molecule has 1 saturated heterocycles. The monoisotopic (exact) mass is 705 g/mol. The van der Waals surface area contributed by atoms with E-state index < -0.39 is 21.2 Å². The number of sulfonamides is 1. The lowest BCUT2D eigenvalue weighted by molar-refractivity contribution is 0.0317. The minimum absolute atomic E-state index is 0.0861. The Morgan fingerprint density at radius 1 is 0.961 bits per heavy atom. The molecule has 1 N–H and O–H groups in total. The lowest BCUT2D eigenvalue weighted by atomic mass is 9.83. The molecule has 5 heterocycles. The van der Waals surface area contributed by atoms with Crippen LogP contribution in [0.5, 0.6) is 0 Å². The van der Waals surface area contributed by atoms with Gasteiger partial charge in [0.15, 0.2) is 0 Å². The molecule has 266 valence electrons. The third-order valence-electron chi connectivity index (χ3n) is 11.0. The van der Waals surface area contributed by atoms with Gasteiger partial charge in [0.1, 0.15) is 0 Å². The van der Waals surface area contributed by atoms with Crippen LogP contribution in [0.15, 0.2) is 60.8 Å². The highest BCUT2D eigenvalue weighted by Crippen LogP contribution is 2.49. The van der Waals surface area contributed by atoms with Crippen LogP contribution in [0, 0.1) is 6.92 Å². The average Bonchev–Trinajstić information content (AvgIpc) is 3.94. The number of benzene rings is 2. The van der Waals surface area contributed by atoms with Crippen molar-refractivity contribution in [1.29, 1.82) is 0 Å². The third kappa shape index (κ3) is 6.47. The molecule has 0 bridgehead atoms. The molecule has 1 aliphatic carbocycles. The fourth-order valence-corrected chi connectivity index (χ4v) is 9.71.